The molecule has 2 heterocycles. The molecular weight excluding hydrogens is 392 g/mol. The number of morpholine rings is 1. The molecule has 1 aliphatic heterocycles. The number of nitro groups is 1. The molecule has 2 aromatic rings. The van der Waals surface area contributed by atoms with Crippen LogP contribution in [-0.4, -0.2) is 54.6 Å². The number of nitrogens with one attached hydrogen (secondary N) is 2. The first-order valence-corrected chi connectivity index (χ1v) is 10.7. The minimum absolute atomic E-state index is 0.0830. The van der Waals surface area contributed by atoms with Crippen molar-refractivity contribution >= 4 is 28.6 Å². The van der Waals surface area contributed by atoms with E-state index < -0.39 is 4.92 Å². The van der Waals surface area contributed by atoms with Crippen LogP contribution < -0.4 is 10.6 Å². The fourth-order valence-corrected chi connectivity index (χ4v) is 4.32. The van der Waals surface area contributed by atoms with Crippen LogP contribution in [0.15, 0.2) is 35.7 Å². The molecule has 0 bridgehead atoms. The van der Waals surface area contributed by atoms with Crippen molar-refractivity contribution in [3.8, 4) is 0 Å². The summed E-state index contributed by atoms with van der Waals surface area (Å²) in [7, 11) is 0. The number of ether oxygens (including phenoxy) is 1. The van der Waals surface area contributed by atoms with Crippen LogP contribution in [0.5, 0.6) is 0 Å². The maximum atomic E-state index is 12.2. The van der Waals surface area contributed by atoms with Gasteiger partial charge in [-0.2, -0.15) is 0 Å². The molecule has 9 heteroatoms. The largest absolute Gasteiger partial charge is 0.379 e. The Kier molecular flexibility index (Phi) is 6.08. The number of nitrogens with zero attached hydrogens (tertiary/aromatic N) is 2. The van der Waals surface area contributed by atoms with Gasteiger partial charge in [-0.3, -0.25) is 19.8 Å². The van der Waals surface area contributed by atoms with Gasteiger partial charge in [-0.25, -0.2) is 0 Å². The Balaban J connectivity index is 1.50. The highest BCUT2D eigenvalue weighted by molar-refractivity contribution is 7.10. The van der Waals surface area contributed by atoms with Crippen molar-refractivity contribution in [3.05, 3.63) is 56.3 Å². The maximum Gasteiger partial charge on any atom is 0.293 e. The third kappa shape index (κ3) is 4.92. The van der Waals surface area contributed by atoms with Crippen molar-refractivity contribution in [1.82, 2.24) is 10.2 Å². The zero-order valence-corrected chi connectivity index (χ0v) is 16.8. The molecule has 29 heavy (non-hydrogen) atoms. The number of nitro benzene ring substituents is 1. The van der Waals surface area contributed by atoms with Crippen LogP contribution >= 0.6 is 11.3 Å². The van der Waals surface area contributed by atoms with Crippen LogP contribution in [0.2, 0.25) is 0 Å². The van der Waals surface area contributed by atoms with Crippen molar-refractivity contribution in [3.63, 3.8) is 0 Å². The van der Waals surface area contributed by atoms with Gasteiger partial charge in [-0.1, -0.05) is 6.07 Å². The second-order valence-electron chi connectivity index (χ2n) is 7.30. The average molecular weight is 417 g/mol. The topological polar surface area (TPSA) is 96.7 Å². The van der Waals surface area contributed by atoms with Crippen molar-refractivity contribution in [1.29, 1.82) is 0 Å². The van der Waals surface area contributed by atoms with Gasteiger partial charge in [-0.15, -0.1) is 11.3 Å². The standard InChI is InChI=1S/C20H24N4O4S/c25-20(22-15-4-5-15)14-3-6-16(17(12-14)24(26)27)21-13-18(19-2-1-11-29-19)23-7-9-28-10-8-23/h1-3,6,11-12,15,18,21H,4-5,7-10,13H2,(H,22,25)/t18-/m0/s1. The van der Waals surface area contributed by atoms with Gasteiger partial charge < -0.3 is 15.4 Å². The van der Waals surface area contributed by atoms with E-state index in [9.17, 15) is 14.9 Å². The summed E-state index contributed by atoms with van der Waals surface area (Å²) in [6, 6.07) is 9.05. The monoisotopic (exact) mass is 416 g/mol. The number of anilines is 1. The highest BCUT2D eigenvalue weighted by Crippen LogP contribution is 2.30. The lowest BCUT2D eigenvalue weighted by Crippen LogP contribution is -2.41. The summed E-state index contributed by atoms with van der Waals surface area (Å²) < 4.78 is 5.46. The summed E-state index contributed by atoms with van der Waals surface area (Å²) in [6.07, 6.45) is 1.94. The first-order chi connectivity index (χ1) is 14.1. The molecule has 2 N–H and O–H groups in total. The summed E-state index contributed by atoms with van der Waals surface area (Å²) >= 11 is 1.68. The van der Waals surface area contributed by atoms with Crippen molar-refractivity contribution < 1.29 is 14.5 Å². The number of amides is 1. The van der Waals surface area contributed by atoms with E-state index in [1.165, 1.54) is 10.9 Å². The highest BCUT2D eigenvalue weighted by Gasteiger charge is 2.27. The molecule has 4 rings (SSSR count). The van der Waals surface area contributed by atoms with E-state index in [2.05, 4.69) is 21.6 Å². The summed E-state index contributed by atoms with van der Waals surface area (Å²) in [5.74, 6) is -0.257. The lowest BCUT2D eigenvalue weighted by atomic mass is 10.1. The van der Waals surface area contributed by atoms with E-state index in [0.717, 1.165) is 25.9 Å². The third-order valence-electron chi connectivity index (χ3n) is 5.21. The Morgan fingerprint density at radius 2 is 2.10 bits per heavy atom. The Bertz CT molecular complexity index is 863. The van der Waals surface area contributed by atoms with Crippen LogP contribution in [0.3, 0.4) is 0 Å². The smallest absolute Gasteiger partial charge is 0.293 e. The van der Waals surface area contributed by atoms with E-state index >= 15 is 0 Å². The quantitative estimate of drug-likeness (QED) is 0.507. The van der Waals surface area contributed by atoms with E-state index in [1.807, 2.05) is 11.4 Å². The van der Waals surface area contributed by atoms with Gasteiger partial charge >= 0.3 is 0 Å². The van der Waals surface area contributed by atoms with Crippen molar-refractivity contribution in [2.24, 2.45) is 0 Å². The highest BCUT2D eigenvalue weighted by atomic mass is 32.1. The molecule has 1 aromatic heterocycles. The Morgan fingerprint density at radius 1 is 1.31 bits per heavy atom. The number of rotatable bonds is 8. The zero-order valence-electron chi connectivity index (χ0n) is 16.0. The Labute approximate surface area is 173 Å². The van der Waals surface area contributed by atoms with Crippen LogP contribution in [-0.2, 0) is 4.74 Å². The first-order valence-electron chi connectivity index (χ1n) is 9.80. The lowest BCUT2D eigenvalue weighted by Gasteiger charge is -2.34. The molecule has 1 atom stereocenters. The fourth-order valence-electron chi connectivity index (χ4n) is 3.46. The maximum absolute atomic E-state index is 12.2. The summed E-state index contributed by atoms with van der Waals surface area (Å²) in [5, 5.41) is 19.8. The Morgan fingerprint density at radius 3 is 2.76 bits per heavy atom. The molecule has 0 radical (unpaired) electrons. The number of benzene rings is 1. The number of thiophene rings is 1. The molecule has 2 fully saturated rings. The van der Waals surface area contributed by atoms with Gasteiger partial charge in [0.2, 0.25) is 0 Å². The van der Waals surface area contributed by atoms with E-state index in [0.29, 0.717) is 31.0 Å². The van der Waals surface area contributed by atoms with Gasteiger partial charge in [0.15, 0.2) is 0 Å². The van der Waals surface area contributed by atoms with Crippen molar-refractivity contribution in [2.45, 2.75) is 24.9 Å². The van der Waals surface area contributed by atoms with E-state index in [1.54, 1.807) is 23.5 Å². The fraction of sp³-hybridized carbons (Fsp3) is 0.450. The van der Waals surface area contributed by atoms with Gasteiger partial charge in [0.25, 0.3) is 11.6 Å². The number of hydrogen-bond donors (Lipinski definition) is 2. The van der Waals surface area contributed by atoms with E-state index in [4.69, 9.17) is 4.74 Å². The number of hydrogen-bond acceptors (Lipinski definition) is 7. The molecule has 0 spiro atoms. The molecule has 154 valence electrons. The van der Waals surface area contributed by atoms with Gasteiger partial charge in [0.05, 0.1) is 24.2 Å². The van der Waals surface area contributed by atoms with Crippen LogP contribution in [0.1, 0.15) is 34.1 Å². The second-order valence-corrected chi connectivity index (χ2v) is 8.28. The summed E-state index contributed by atoms with van der Waals surface area (Å²) in [6.45, 7) is 3.56. The van der Waals surface area contributed by atoms with Crippen LogP contribution in [0.4, 0.5) is 11.4 Å². The molecular formula is C20H24N4O4S. The minimum atomic E-state index is -0.439. The minimum Gasteiger partial charge on any atom is -0.379 e. The molecule has 8 nitrogen and oxygen atoms in total. The lowest BCUT2D eigenvalue weighted by molar-refractivity contribution is -0.384. The zero-order chi connectivity index (χ0) is 20.2. The predicted molar refractivity (Wildman–Crippen MR) is 112 cm³/mol. The normalized spacial score (nSPS) is 18.2. The van der Waals surface area contributed by atoms with Crippen LogP contribution in [0.25, 0.3) is 0 Å². The second kappa shape index (κ2) is 8.89. The molecule has 1 saturated heterocycles. The summed E-state index contributed by atoms with van der Waals surface area (Å²) in [5.41, 5.74) is 0.658. The van der Waals surface area contributed by atoms with Gasteiger partial charge in [0, 0.05) is 42.2 Å². The molecule has 0 unspecified atom stereocenters. The van der Waals surface area contributed by atoms with Gasteiger partial charge in [0.1, 0.15) is 5.69 Å². The summed E-state index contributed by atoms with van der Waals surface area (Å²) in [4.78, 5) is 27.0. The molecule has 2 aliphatic rings. The Hall–Kier alpha value is -2.49. The van der Waals surface area contributed by atoms with Crippen LogP contribution in [0, 0.1) is 10.1 Å². The number of carbonyl (C=O) groups excluding carboxylic acids is 1. The molecule has 1 saturated carbocycles. The molecule has 1 aromatic carbocycles. The van der Waals surface area contributed by atoms with E-state index in [-0.39, 0.29) is 23.7 Å². The first kappa shape index (κ1) is 19.8. The van der Waals surface area contributed by atoms with Crippen molar-refractivity contribution in [2.75, 3.05) is 38.2 Å². The molecule has 1 aliphatic carbocycles. The average Bonchev–Trinajstić information content (AvgIpc) is 3.38. The predicted octanol–water partition coefficient (Wildman–Crippen LogP) is 3.03. The SMILES string of the molecule is O=C(NC1CC1)c1ccc(NC[C@@H](c2cccs2)N2CCOCC2)c([N+](=O)[O-])c1. The number of carbonyl (C=O) groups is 1. The third-order valence-corrected chi connectivity index (χ3v) is 6.19. The molecule has 1 amide bonds. The van der Waals surface area contributed by atoms with Gasteiger partial charge in [-0.05, 0) is 36.4 Å².